The molecule has 1 aromatic heterocycles. The number of hydrogen-bond acceptors (Lipinski definition) is 3. The van der Waals surface area contributed by atoms with Gasteiger partial charge in [-0.05, 0) is 34.5 Å². The summed E-state index contributed by atoms with van der Waals surface area (Å²) < 4.78 is 5.55. The maximum Gasteiger partial charge on any atom is 0.287 e. The number of carbonyl (C=O) groups is 2. The van der Waals surface area contributed by atoms with E-state index >= 15 is 0 Å². The molecule has 0 unspecified atom stereocenters. The van der Waals surface area contributed by atoms with Gasteiger partial charge in [0.2, 0.25) is 5.91 Å². The van der Waals surface area contributed by atoms with E-state index in [0.717, 1.165) is 19.3 Å². The highest BCUT2D eigenvalue weighted by atomic mass is 79.9. The van der Waals surface area contributed by atoms with E-state index in [9.17, 15) is 9.59 Å². The second-order valence-electron chi connectivity index (χ2n) is 3.84. The summed E-state index contributed by atoms with van der Waals surface area (Å²) in [6, 6.07) is 3.16. The number of halogens is 1. The molecule has 6 heteroatoms. The Labute approximate surface area is 114 Å². The molecule has 0 atom stereocenters. The van der Waals surface area contributed by atoms with Crippen LogP contribution in [0.4, 0.5) is 0 Å². The van der Waals surface area contributed by atoms with Gasteiger partial charge in [-0.25, -0.2) is 0 Å². The molecule has 0 saturated heterocycles. The van der Waals surface area contributed by atoms with E-state index in [-0.39, 0.29) is 18.2 Å². The third kappa shape index (κ3) is 5.35. The summed E-state index contributed by atoms with van der Waals surface area (Å²) in [7, 11) is 0. The van der Waals surface area contributed by atoms with Crippen LogP contribution in [0.3, 0.4) is 0 Å². The maximum absolute atomic E-state index is 11.5. The van der Waals surface area contributed by atoms with Gasteiger partial charge in [0.25, 0.3) is 5.91 Å². The van der Waals surface area contributed by atoms with Gasteiger partial charge in [0.15, 0.2) is 10.4 Å². The summed E-state index contributed by atoms with van der Waals surface area (Å²) in [5, 5.41) is 5.22. The van der Waals surface area contributed by atoms with Gasteiger partial charge >= 0.3 is 0 Å². The van der Waals surface area contributed by atoms with E-state index < -0.39 is 5.91 Å². The molecule has 0 saturated carbocycles. The Balaban J connectivity index is 2.20. The fourth-order valence-corrected chi connectivity index (χ4v) is 1.66. The standard InChI is InChI=1S/C12H17BrN2O3/c1-2-3-4-7-14-11(16)8-15-12(17)9-5-6-10(13)18-9/h5-6H,2-4,7-8H2,1H3,(H,14,16)(H,15,17). The molecule has 18 heavy (non-hydrogen) atoms. The molecule has 1 aromatic rings. The molecule has 0 fully saturated rings. The molecule has 0 aromatic carbocycles. The SMILES string of the molecule is CCCCCNC(=O)CNC(=O)c1ccc(Br)o1. The van der Waals surface area contributed by atoms with E-state index in [1.54, 1.807) is 12.1 Å². The van der Waals surface area contributed by atoms with Gasteiger partial charge < -0.3 is 15.1 Å². The number of furan rings is 1. The summed E-state index contributed by atoms with van der Waals surface area (Å²) in [5.74, 6) is -0.407. The zero-order valence-corrected chi connectivity index (χ0v) is 11.9. The van der Waals surface area contributed by atoms with E-state index in [2.05, 4.69) is 33.5 Å². The van der Waals surface area contributed by atoms with Crippen LogP contribution in [0, 0.1) is 0 Å². The lowest BCUT2D eigenvalue weighted by atomic mass is 10.2. The quantitative estimate of drug-likeness (QED) is 0.756. The third-order valence-corrected chi connectivity index (χ3v) is 2.74. The Morgan fingerprint density at radius 3 is 2.67 bits per heavy atom. The minimum Gasteiger partial charge on any atom is -0.444 e. The molecule has 0 radical (unpaired) electrons. The first-order chi connectivity index (χ1) is 8.63. The molecule has 0 aliphatic rings. The van der Waals surface area contributed by atoms with Crippen molar-refractivity contribution >= 4 is 27.7 Å². The Morgan fingerprint density at radius 1 is 1.28 bits per heavy atom. The van der Waals surface area contributed by atoms with E-state index in [4.69, 9.17) is 4.42 Å². The molecule has 0 aliphatic carbocycles. The van der Waals surface area contributed by atoms with Crippen LogP contribution in [-0.2, 0) is 4.79 Å². The lowest BCUT2D eigenvalue weighted by Crippen LogP contribution is -2.37. The van der Waals surface area contributed by atoms with Crippen molar-refractivity contribution in [1.82, 2.24) is 10.6 Å². The summed E-state index contributed by atoms with van der Waals surface area (Å²) >= 11 is 3.10. The number of nitrogens with one attached hydrogen (secondary N) is 2. The first-order valence-electron chi connectivity index (χ1n) is 5.93. The van der Waals surface area contributed by atoms with Gasteiger partial charge in [-0.2, -0.15) is 0 Å². The molecular weight excluding hydrogens is 300 g/mol. The molecule has 0 spiro atoms. The highest BCUT2D eigenvalue weighted by Crippen LogP contribution is 2.13. The van der Waals surface area contributed by atoms with Crippen molar-refractivity contribution in [2.24, 2.45) is 0 Å². The molecular formula is C12H17BrN2O3. The monoisotopic (exact) mass is 316 g/mol. The number of hydrogen-bond donors (Lipinski definition) is 2. The highest BCUT2D eigenvalue weighted by Gasteiger charge is 2.11. The largest absolute Gasteiger partial charge is 0.444 e. The third-order valence-electron chi connectivity index (χ3n) is 2.31. The maximum atomic E-state index is 11.5. The van der Waals surface area contributed by atoms with Gasteiger partial charge in [0.1, 0.15) is 0 Å². The average Bonchev–Trinajstić information content (AvgIpc) is 2.78. The van der Waals surface area contributed by atoms with Crippen LogP contribution in [0.5, 0.6) is 0 Å². The molecule has 100 valence electrons. The predicted octanol–water partition coefficient (Wildman–Crippen LogP) is 2.08. The Morgan fingerprint density at radius 2 is 2.06 bits per heavy atom. The molecule has 5 nitrogen and oxygen atoms in total. The van der Waals surface area contributed by atoms with Gasteiger partial charge in [0.05, 0.1) is 6.54 Å². The number of carbonyl (C=O) groups excluding carboxylic acids is 2. The minimum atomic E-state index is -0.399. The van der Waals surface area contributed by atoms with Crippen LogP contribution in [0.25, 0.3) is 0 Å². The molecule has 1 heterocycles. The van der Waals surface area contributed by atoms with Gasteiger partial charge in [-0.1, -0.05) is 19.8 Å². The predicted molar refractivity (Wildman–Crippen MR) is 71.3 cm³/mol. The Kier molecular flexibility index (Phi) is 6.49. The number of amides is 2. The average molecular weight is 317 g/mol. The fourth-order valence-electron chi connectivity index (χ4n) is 1.35. The molecule has 2 N–H and O–H groups in total. The first-order valence-corrected chi connectivity index (χ1v) is 6.73. The fraction of sp³-hybridized carbons (Fsp3) is 0.500. The molecule has 0 bridgehead atoms. The summed E-state index contributed by atoms with van der Waals surface area (Å²) in [6.45, 7) is 2.71. The van der Waals surface area contributed by atoms with Crippen LogP contribution in [0.2, 0.25) is 0 Å². The molecule has 1 rings (SSSR count). The topological polar surface area (TPSA) is 71.3 Å². The van der Waals surface area contributed by atoms with Crippen molar-refractivity contribution < 1.29 is 14.0 Å². The second kappa shape index (κ2) is 7.92. The lowest BCUT2D eigenvalue weighted by Gasteiger charge is -2.05. The van der Waals surface area contributed by atoms with Crippen molar-refractivity contribution in [1.29, 1.82) is 0 Å². The van der Waals surface area contributed by atoms with Crippen molar-refractivity contribution in [3.8, 4) is 0 Å². The van der Waals surface area contributed by atoms with Crippen LogP contribution >= 0.6 is 15.9 Å². The number of rotatable bonds is 7. The highest BCUT2D eigenvalue weighted by molar-refractivity contribution is 9.10. The van der Waals surface area contributed by atoms with Gasteiger partial charge in [0, 0.05) is 6.54 Å². The number of unbranched alkanes of at least 4 members (excludes halogenated alkanes) is 2. The smallest absolute Gasteiger partial charge is 0.287 e. The minimum absolute atomic E-state index is 0.0384. The zero-order chi connectivity index (χ0) is 13.4. The van der Waals surface area contributed by atoms with Crippen molar-refractivity contribution in [2.45, 2.75) is 26.2 Å². The molecule has 2 amide bonds. The summed E-state index contributed by atoms with van der Waals surface area (Å²) in [5.41, 5.74) is 0. The van der Waals surface area contributed by atoms with Crippen molar-refractivity contribution in [3.05, 3.63) is 22.6 Å². The van der Waals surface area contributed by atoms with Crippen LogP contribution in [0.15, 0.2) is 21.2 Å². The molecule has 0 aliphatic heterocycles. The first kappa shape index (κ1) is 14.8. The van der Waals surface area contributed by atoms with E-state index in [1.165, 1.54) is 0 Å². The van der Waals surface area contributed by atoms with Crippen molar-refractivity contribution in [2.75, 3.05) is 13.1 Å². The summed E-state index contributed by atoms with van der Waals surface area (Å²) in [4.78, 5) is 22.9. The van der Waals surface area contributed by atoms with Gasteiger partial charge in [-0.15, -0.1) is 0 Å². The van der Waals surface area contributed by atoms with Crippen molar-refractivity contribution in [3.63, 3.8) is 0 Å². The summed E-state index contributed by atoms with van der Waals surface area (Å²) in [6.07, 6.45) is 3.16. The van der Waals surface area contributed by atoms with Crippen LogP contribution in [0.1, 0.15) is 36.7 Å². The second-order valence-corrected chi connectivity index (χ2v) is 4.63. The zero-order valence-electron chi connectivity index (χ0n) is 10.3. The van der Waals surface area contributed by atoms with Crippen LogP contribution < -0.4 is 10.6 Å². The lowest BCUT2D eigenvalue weighted by molar-refractivity contribution is -0.120. The van der Waals surface area contributed by atoms with E-state index in [0.29, 0.717) is 11.2 Å². The Bertz CT molecular complexity index is 404. The Hall–Kier alpha value is -1.30. The van der Waals surface area contributed by atoms with E-state index in [1.807, 2.05) is 0 Å². The van der Waals surface area contributed by atoms with Gasteiger partial charge in [-0.3, -0.25) is 9.59 Å². The normalized spacial score (nSPS) is 10.1. The van der Waals surface area contributed by atoms with Crippen LogP contribution in [-0.4, -0.2) is 24.9 Å².